The molecule has 0 amide bonds. The van der Waals surface area contributed by atoms with Crippen molar-refractivity contribution in [3.8, 4) is 0 Å². The predicted molar refractivity (Wildman–Crippen MR) is 111 cm³/mol. The van der Waals surface area contributed by atoms with E-state index in [0.717, 1.165) is 37.1 Å². The summed E-state index contributed by atoms with van der Waals surface area (Å²) >= 11 is 0. The third kappa shape index (κ3) is 3.63. The largest absolute Gasteiger partial charge is 0.494 e. The van der Waals surface area contributed by atoms with Crippen molar-refractivity contribution in [2.24, 2.45) is 0 Å². The Hall–Kier alpha value is -1.69. The monoisotopic (exact) mass is 381 g/mol. The van der Waals surface area contributed by atoms with Crippen molar-refractivity contribution < 1.29 is 13.7 Å². The van der Waals surface area contributed by atoms with Crippen LogP contribution in [0.5, 0.6) is 0 Å². The van der Waals surface area contributed by atoms with E-state index >= 15 is 0 Å². The van der Waals surface area contributed by atoms with E-state index in [2.05, 4.69) is 50.8 Å². The molecule has 0 bridgehead atoms. The van der Waals surface area contributed by atoms with E-state index < -0.39 is 0 Å². The Balaban J connectivity index is 1.48. The zero-order chi connectivity index (χ0) is 20.1. The second kappa shape index (κ2) is 6.98. The maximum Gasteiger partial charge on any atom is 0.494 e. The van der Waals surface area contributed by atoms with Gasteiger partial charge in [-0.05, 0) is 80.9 Å². The van der Waals surface area contributed by atoms with Gasteiger partial charge in [0, 0.05) is 19.6 Å². The van der Waals surface area contributed by atoms with Crippen molar-refractivity contribution in [2.45, 2.75) is 65.3 Å². The maximum absolute atomic E-state index is 13.4. The number of nitrogens with zero attached hydrogens (tertiary/aromatic N) is 1. The summed E-state index contributed by atoms with van der Waals surface area (Å²) in [6, 6.07) is 11.7. The van der Waals surface area contributed by atoms with Crippen molar-refractivity contribution >= 4 is 12.6 Å². The fourth-order valence-electron chi connectivity index (χ4n) is 3.97. The van der Waals surface area contributed by atoms with Gasteiger partial charge in [0.05, 0.1) is 11.2 Å². The molecule has 4 rings (SSSR count). The van der Waals surface area contributed by atoms with Gasteiger partial charge in [-0.25, -0.2) is 4.39 Å². The molecule has 2 heterocycles. The van der Waals surface area contributed by atoms with E-state index in [9.17, 15) is 4.39 Å². The molecule has 2 aliphatic heterocycles. The number of benzene rings is 2. The lowest BCUT2D eigenvalue weighted by Gasteiger charge is -2.32. The Morgan fingerprint density at radius 2 is 1.71 bits per heavy atom. The molecule has 1 saturated heterocycles. The van der Waals surface area contributed by atoms with Crippen LogP contribution >= 0.6 is 0 Å². The number of hydrogen-bond acceptors (Lipinski definition) is 3. The standard InChI is InChI=1S/C23H29BFNO2/c1-16-12-21(25)9-7-18(16)14-26-11-10-17-13-20(8-6-19(17)15-26)24-27-22(2,3)23(4,5)28-24/h6-9,12-13H,10-11,14-15H2,1-5H3. The number of hydrogen-bond donors (Lipinski definition) is 0. The van der Waals surface area contributed by atoms with Gasteiger partial charge in [-0.1, -0.05) is 24.3 Å². The normalized spacial score (nSPS) is 21.0. The van der Waals surface area contributed by atoms with Gasteiger partial charge in [-0.3, -0.25) is 4.90 Å². The van der Waals surface area contributed by atoms with Gasteiger partial charge < -0.3 is 9.31 Å². The Morgan fingerprint density at radius 1 is 1.00 bits per heavy atom. The molecule has 0 saturated carbocycles. The van der Waals surface area contributed by atoms with Crippen LogP contribution in [0.3, 0.4) is 0 Å². The van der Waals surface area contributed by atoms with Crippen molar-refractivity contribution in [1.29, 1.82) is 0 Å². The molecule has 0 radical (unpaired) electrons. The molecule has 0 spiro atoms. The molecule has 2 aromatic carbocycles. The summed E-state index contributed by atoms with van der Waals surface area (Å²) in [5.41, 5.74) is 5.39. The SMILES string of the molecule is Cc1cc(F)ccc1CN1CCc2cc(B3OC(C)(C)C(C)(C)O3)ccc2C1. The van der Waals surface area contributed by atoms with Crippen LogP contribution in [0, 0.1) is 12.7 Å². The smallest absolute Gasteiger partial charge is 0.399 e. The van der Waals surface area contributed by atoms with Crippen molar-refractivity contribution in [2.75, 3.05) is 6.54 Å². The molecule has 0 aromatic heterocycles. The molecule has 2 aliphatic rings. The first-order valence-electron chi connectivity index (χ1n) is 10.1. The highest BCUT2D eigenvalue weighted by Crippen LogP contribution is 2.36. The van der Waals surface area contributed by atoms with Crippen LogP contribution in [-0.2, 0) is 28.8 Å². The predicted octanol–water partition coefficient (Wildman–Crippen LogP) is 3.99. The summed E-state index contributed by atoms with van der Waals surface area (Å²) in [4.78, 5) is 2.43. The Bertz CT molecular complexity index is 880. The van der Waals surface area contributed by atoms with E-state index in [0.29, 0.717) is 0 Å². The summed E-state index contributed by atoms with van der Waals surface area (Å²) in [5.74, 6) is -0.166. The molecule has 148 valence electrons. The lowest BCUT2D eigenvalue weighted by atomic mass is 9.77. The highest BCUT2D eigenvalue weighted by molar-refractivity contribution is 6.62. The quantitative estimate of drug-likeness (QED) is 0.751. The molecule has 0 N–H and O–H groups in total. The first-order chi connectivity index (χ1) is 13.1. The topological polar surface area (TPSA) is 21.7 Å². The molecular formula is C23H29BFNO2. The minimum Gasteiger partial charge on any atom is -0.399 e. The lowest BCUT2D eigenvalue weighted by Crippen LogP contribution is -2.41. The third-order valence-corrected chi connectivity index (χ3v) is 6.55. The second-order valence-electron chi connectivity index (χ2n) is 9.15. The number of rotatable bonds is 3. The van der Waals surface area contributed by atoms with E-state index in [-0.39, 0.29) is 24.1 Å². The summed E-state index contributed by atoms with van der Waals surface area (Å²) in [7, 11) is -0.310. The zero-order valence-electron chi connectivity index (χ0n) is 17.5. The fourth-order valence-corrected chi connectivity index (χ4v) is 3.97. The van der Waals surface area contributed by atoms with E-state index in [1.54, 1.807) is 12.1 Å². The Labute approximate surface area is 168 Å². The highest BCUT2D eigenvalue weighted by atomic mass is 19.1. The molecule has 0 aliphatic carbocycles. The van der Waals surface area contributed by atoms with Crippen LogP contribution in [0.15, 0.2) is 36.4 Å². The first-order valence-corrected chi connectivity index (χ1v) is 10.1. The van der Waals surface area contributed by atoms with Gasteiger partial charge in [-0.15, -0.1) is 0 Å². The Morgan fingerprint density at radius 3 is 2.39 bits per heavy atom. The van der Waals surface area contributed by atoms with Crippen LogP contribution < -0.4 is 5.46 Å². The molecule has 0 atom stereocenters. The van der Waals surface area contributed by atoms with E-state index in [1.807, 2.05) is 13.0 Å². The van der Waals surface area contributed by atoms with Crippen LogP contribution in [0.2, 0.25) is 0 Å². The average Bonchev–Trinajstić information content (AvgIpc) is 2.84. The molecule has 3 nitrogen and oxygen atoms in total. The molecule has 5 heteroatoms. The van der Waals surface area contributed by atoms with Crippen LogP contribution in [0.4, 0.5) is 4.39 Å². The molecular weight excluding hydrogens is 352 g/mol. The van der Waals surface area contributed by atoms with Crippen LogP contribution in [0.1, 0.15) is 49.9 Å². The van der Waals surface area contributed by atoms with Crippen LogP contribution in [-0.4, -0.2) is 29.8 Å². The van der Waals surface area contributed by atoms with Crippen molar-refractivity contribution in [1.82, 2.24) is 4.90 Å². The summed E-state index contributed by atoms with van der Waals surface area (Å²) < 4.78 is 25.8. The maximum atomic E-state index is 13.4. The van der Waals surface area contributed by atoms with E-state index in [4.69, 9.17) is 9.31 Å². The highest BCUT2D eigenvalue weighted by Gasteiger charge is 2.51. The number of aryl methyl sites for hydroxylation is 1. The van der Waals surface area contributed by atoms with Gasteiger partial charge in [0.2, 0.25) is 0 Å². The minimum absolute atomic E-state index is 0.166. The van der Waals surface area contributed by atoms with E-state index in [1.165, 1.54) is 16.7 Å². The average molecular weight is 381 g/mol. The second-order valence-corrected chi connectivity index (χ2v) is 9.15. The van der Waals surface area contributed by atoms with Gasteiger partial charge in [0.25, 0.3) is 0 Å². The molecule has 1 fully saturated rings. The molecule has 28 heavy (non-hydrogen) atoms. The third-order valence-electron chi connectivity index (χ3n) is 6.55. The minimum atomic E-state index is -0.322. The van der Waals surface area contributed by atoms with Gasteiger partial charge in [0.15, 0.2) is 0 Å². The molecule has 2 aromatic rings. The summed E-state index contributed by atoms with van der Waals surface area (Å²) in [6.07, 6.45) is 1.00. The summed E-state index contributed by atoms with van der Waals surface area (Å²) in [5, 5.41) is 0. The van der Waals surface area contributed by atoms with Crippen LogP contribution in [0.25, 0.3) is 0 Å². The van der Waals surface area contributed by atoms with Gasteiger partial charge in [-0.2, -0.15) is 0 Å². The number of fused-ring (bicyclic) bond motifs is 1. The molecule has 0 unspecified atom stereocenters. The summed E-state index contributed by atoms with van der Waals surface area (Å²) in [6.45, 7) is 13.1. The Kier molecular flexibility index (Phi) is 4.89. The van der Waals surface area contributed by atoms with Crippen molar-refractivity contribution in [3.05, 3.63) is 64.5 Å². The van der Waals surface area contributed by atoms with Gasteiger partial charge >= 0.3 is 7.12 Å². The fraction of sp³-hybridized carbons (Fsp3) is 0.478. The number of halogens is 1. The first kappa shape index (κ1) is 19.6. The lowest BCUT2D eigenvalue weighted by molar-refractivity contribution is 0.00578. The van der Waals surface area contributed by atoms with Gasteiger partial charge in [0.1, 0.15) is 5.82 Å². The van der Waals surface area contributed by atoms with Crippen molar-refractivity contribution in [3.63, 3.8) is 0 Å². The zero-order valence-corrected chi connectivity index (χ0v) is 17.5.